The Morgan fingerprint density at radius 2 is 1.72 bits per heavy atom. The van der Waals surface area contributed by atoms with Crippen LogP contribution < -0.4 is 14.8 Å². The molecule has 282 valence electrons. The Morgan fingerprint density at radius 3 is 2.48 bits per heavy atom. The molecule has 2 heterocycles. The summed E-state index contributed by atoms with van der Waals surface area (Å²) in [4.78, 5) is 19.8. The smallest absolute Gasteiger partial charge is 0.200 e. The minimum atomic E-state index is -1.12. The Hall–Kier alpha value is -5.52. The molecular weight excluding hydrogens is 688 g/mol. The number of fused-ring (bicyclic) bond motifs is 6. The number of phenols is 4. The van der Waals surface area contributed by atoms with E-state index < -0.39 is 35.2 Å². The molecule has 2 aliphatic rings. The van der Waals surface area contributed by atoms with Crippen molar-refractivity contribution in [2.45, 2.75) is 74.9 Å². The van der Waals surface area contributed by atoms with Crippen molar-refractivity contribution in [2.75, 3.05) is 19.5 Å². The van der Waals surface area contributed by atoms with E-state index in [1.54, 1.807) is 42.6 Å². The van der Waals surface area contributed by atoms with E-state index in [0.29, 0.717) is 49.2 Å². The minimum absolute atomic E-state index is 0.00411. The second kappa shape index (κ2) is 15.1. The molecule has 0 radical (unpaired) electrons. The number of phenolic OH excluding ortho intramolecular Hbond substituents is 4. The van der Waals surface area contributed by atoms with Gasteiger partial charge >= 0.3 is 0 Å². The first-order valence-corrected chi connectivity index (χ1v) is 18.3. The molecule has 1 spiro atoms. The fourth-order valence-electron chi connectivity index (χ4n) is 8.82. The topological polar surface area (TPSA) is 182 Å². The molecule has 0 unspecified atom stereocenters. The van der Waals surface area contributed by atoms with Gasteiger partial charge in [-0.15, -0.1) is 0 Å². The van der Waals surface area contributed by atoms with Crippen LogP contribution in [-0.4, -0.2) is 67.8 Å². The number of benzene rings is 4. The van der Waals surface area contributed by atoms with Crippen LogP contribution in [0.2, 0.25) is 0 Å². The fourth-order valence-corrected chi connectivity index (χ4v) is 8.82. The summed E-state index contributed by atoms with van der Waals surface area (Å²) in [6.45, 7) is 0. The molecule has 7 rings (SSSR count). The molecule has 2 bridgehead atoms. The molecule has 1 aliphatic carbocycles. The number of anilines is 2. The molecule has 1 saturated carbocycles. The van der Waals surface area contributed by atoms with Crippen LogP contribution in [0.4, 0.5) is 11.5 Å². The van der Waals surface area contributed by atoms with Gasteiger partial charge in [-0.25, -0.2) is 4.98 Å². The third-order valence-electron chi connectivity index (χ3n) is 11.5. The van der Waals surface area contributed by atoms with Gasteiger partial charge in [0.1, 0.15) is 17.4 Å². The van der Waals surface area contributed by atoms with Crippen LogP contribution in [0.1, 0.15) is 66.7 Å². The Kier molecular flexibility index (Phi) is 10.3. The third-order valence-corrected chi connectivity index (χ3v) is 11.5. The number of rotatable bonds is 7. The largest absolute Gasteiger partial charge is 0.508 e. The number of methoxy groups -OCH3 is 2. The van der Waals surface area contributed by atoms with Gasteiger partial charge in [0.2, 0.25) is 5.75 Å². The van der Waals surface area contributed by atoms with Crippen molar-refractivity contribution in [3.05, 3.63) is 101 Å². The predicted molar refractivity (Wildman–Crippen MR) is 204 cm³/mol. The number of Topliss-reactive ketones (excluding diaryl/α,β-unsaturated/α-hetero) is 1. The number of carbonyl (C=O) groups excluding carboxylic acids is 1. The highest BCUT2D eigenvalue weighted by molar-refractivity contribution is 5.92. The molecular formula is C43H46N2O9. The van der Waals surface area contributed by atoms with Crippen molar-refractivity contribution in [2.24, 2.45) is 5.92 Å². The fraction of sp³-hybridized carbons (Fsp3) is 0.349. The molecule has 5 atom stereocenters. The first-order valence-electron chi connectivity index (χ1n) is 18.3. The van der Waals surface area contributed by atoms with Gasteiger partial charge in [-0.3, -0.25) is 4.79 Å². The predicted octanol–water partition coefficient (Wildman–Crippen LogP) is 6.90. The van der Waals surface area contributed by atoms with Crippen LogP contribution in [-0.2, 0) is 23.1 Å². The average molecular weight is 735 g/mol. The van der Waals surface area contributed by atoms with Crippen molar-refractivity contribution in [3.8, 4) is 34.5 Å². The zero-order chi connectivity index (χ0) is 38.1. The van der Waals surface area contributed by atoms with E-state index in [-0.39, 0.29) is 48.0 Å². The zero-order valence-corrected chi connectivity index (χ0v) is 30.3. The van der Waals surface area contributed by atoms with E-state index in [9.17, 15) is 30.6 Å². The second-order valence-electron chi connectivity index (χ2n) is 14.7. The summed E-state index contributed by atoms with van der Waals surface area (Å²) in [5, 5.41) is 70.4. The number of pyridine rings is 1. The summed E-state index contributed by atoms with van der Waals surface area (Å²) in [5.41, 5.74) is 3.00. The number of hydrogen-bond donors (Lipinski definition) is 7. The van der Waals surface area contributed by atoms with Crippen LogP contribution in [0.3, 0.4) is 0 Å². The lowest BCUT2D eigenvalue weighted by atomic mass is 9.63. The third kappa shape index (κ3) is 7.09. The van der Waals surface area contributed by atoms with Gasteiger partial charge in [0.15, 0.2) is 23.0 Å². The monoisotopic (exact) mass is 734 g/mol. The number of aliphatic hydroxyl groups excluding tert-OH is 2. The Labute approximate surface area is 313 Å². The molecule has 11 nitrogen and oxygen atoms in total. The van der Waals surface area contributed by atoms with Crippen LogP contribution in [0.5, 0.6) is 34.5 Å². The maximum Gasteiger partial charge on any atom is 0.200 e. The standard InChI is InChI=1S/C43H46N2O9/c1-53-38-17-24(3-11-34(38)48)4-12-35(49)41-36(50)19-25(27-20-37(51)42(52)39(21-27)54-2)5-8-32-31-9-7-29(46)18-26(31)6-10-33(32)45-40-22-28(14-16-44-40)43(41)15-13-30(47)23-43/h3,6-7,9-11,14,16-18,20-22,25,30,35,41,46-49,51-52H,4-5,8,12-13,15,19,23H2,1-2H3,(H,44,45)/t25-,30+,35-,41-,43-/m1/s1. The molecule has 54 heavy (non-hydrogen) atoms. The highest BCUT2D eigenvalue weighted by atomic mass is 16.5. The number of carbonyl (C=O) groups is 1. The van der Waals surface area contributed by atoms with Gasteiger partial charge in [-0.1, -0.05) is 18.2 Å². The number of nitrogens with one attached hydrogen (secondary N) is 1. The number of ketones is 1. The summed E-state index contributed by atoms with van der Waals surface area (Å²) in [6, 6.07) is 21.0. The van der Waals surface area contributed by atoms with E-state index in [1.165, 1.54) is 20.3 Å². The molecule has 5 aromatic rings. The van der Waals surface area contributed by atoms with Crippen LogP contribution in [0.25, 0.3) is 10.8 Å². The first-order chi connectivity index (χ1) is 26.0. The SMILES string of the molecule is COc1cc(CC[C@@H](O)[C@@H]2C(=O)C[C@H](c3cc(O)c(O)c(OC)c3)CCc3c(ccc4cc(O)ccc34)Nc3cc(ccn3)[C@]23CC[C@H](O)C3)ccc1O. The Morgan fingerprint density at radius 1 is 0.907 bits per heavy atom. The molecule has 7 N–H and O–H groups in total. The van der Waals surface area contributed by atoms with Crippen LogP contribution in [0, 0.1) is 5.92 Å². The van der Waals surface area contributed by atoms with Crippen molar-refractivity contribution < 1.29 is 44.9 Å². The molecule has 1 aromatic heterocycles. The number of aryl methyl sites for hydroxylation is 2. The molecule has 1 aliphatic heterocycles. The van der Waals surface area contributed by atoms with Gasteiger partial charge in [0.25, 0.3) is 0 Å². The van der Waals surface area contributed by atoms with Gasteiger partial charge < -0.3 is 45.4 Å². The minimum Gasteiger partial charge on any atom is -0.508 e. The summed E-state index contributed by atoms with van der Waals surface area (Å²) in [6.07, 6.45) is 2.58. The van der Waals surface area contributed by atoms with E-state index in [4.69, 9.17) is 9.47 Å². The summed E-state index contributed by atoms with van der Waals surface area (Å²) in [7, 11) is 2.86. The van der Waals surface area contributed by atoms with Crippen molar-refractivity contribution in [1.29, 1.82) is 0 Å². The van der Waals surface area contributed by atoms with Crippen LogP contribution >= 0.6 is 0 Å². The number of hydrogen-bond acceptors (Lipinski definition) is 11. The summed E-state index contributed by atoms with van der Waals surface area (Å²) < 4.78 is 10.7. The van der Waals surface area contributed by atoms with Crippen molar-refractivity contribution in [3.63, 3.8) is 0 Å². The maximum atomic E-state index is 15.2. The number of aliphatic hydroxyl groups is 2. The Bertz CT molecular complexity index is 2190. The van der Waals surface area contributed by atoms with Gasteiger partial charge in [0, 0.05) is 23.7 Å². The van der Waals surface area contributed by atoms with E-state index in [0.717, 1.165) is 33.2 Å². The van der Waals surface area contributed by atoms with Crippen molar-refractivity contribution >= 4 is 28.1 Å². The Balaban J connectivity index is 1.37. The van der Waals surface area contributed by atoms with E-state index in [1.807, 2.05) is 30.3 Å². The molecule has 0 saturated heterocycles. The first kappa shape index (κ1) is 36.8. The molecule has 1 fully saturated rings. The second-order valence-corrected chi connectivity index (χ2v) is 14.7. The lowest BCUT2D eigenvalue weighted by Crippen LogP contribution is -2.46. The highest BCUT2D eigenvalue weighted by Crippen LogP contribution is 2.51. The van der Waals surface area contributed by atoms with Gasteiger partial charge in [0.05, 0.1) is 32.3 Å². The molecule has 11 heteroatoms. The number of ether oxygens (including phenoxy) is 2. The lowest BCUT2D eigenvalue weighted by Gasteiger charge is -2.41. The number of aromatic hydroxyl groups is 4. The molecule has 4 aromatic carbocycles. The van der Waals surface area contributed by atoms with Gasteiger partial charge in [-0.2, -0.15) is 0 Å². The van der Waals surface area contributed by atoms with Gasteiger partial charge in [-0.05, 0) is 138 Å². The normalized spacial score (nSPS) is 22.1. The average Bonchev–Trinajstić information content (AvgIpc) is 3.56. The lowest BCUT2D eigenvalue weighted by molar-refractivity contribution is -0.130. The van der Waals surface area contributed by atoms with E-state index >= 15 is 4.79 Å². The maximum absolute atomic E-state index is 15.2. The summed E-state index contributed by atoms with van der Waals surface area (Å²) >= 11 is 0. The number of nitrogens with zero attached hydrogens (tertiary/aromatic N) is 1. The zero-order valence-electron chi connectivity index (χ0n) is 30.3. The van der Waals surface area contributed by atoms with Crippen molar-refractivity contribution in [1.82, 2.24) is 4.98 Å². The summed E-state index contributed by atoms with van der Waals surface area (Å²) in [5.74, 6) is -1.30. The van der Waals surface area contributed by atoms with E-state index in [2.05, 4.69) is 10.3 Å². The van der Waals surface area contributed by atoms with Crippen LogP contribution in [0.15, 0.2) is 79.0 Å². The quantitative estimate of drug-likeness (QED) is 0.0864. The molecule has 0 amide bonds. The number of aromatic nitrogens is 1. The highest BCUT2D eigenvalue weighted by Gasteiger charge is 2.52.